The molecule has 2 N–H and O–H groups in total. The summed E-state index contributed by atoms with van der Waals surface area (Å²) in [6.45, 7) is 0. The van der Waals surface area contributed by atoms with E-state index in [1.54, 1.807) is 0 Å². The number of anilines is 1. The highest BCUT2D eigenvalue weighted by molar-refractivity contribution is 9.10. The maximum Gasteiger partial charge on any atom is 0.336 e. The van der Waals surface area contributed by atoms with Crippen LogP contribution in [0.2, 0.25) is 0 Å². The maximum atomic E-state index is 13.4. The Hall–Kier alpha value is -2.35. The van der Waals surface area contributed by atoms with Crippen molar-refractivity contribution in [2.45, 2.75) is 0 Å². The van der Waals surface area contributed by atoms with Crippen LogP contribution in [0.15, 0.2) is 34.9 Å². The van der Waals surface area contributed by atoms with E-state index in [-0.39, 0.29) is 11.3 Å². The van der Waals surface area contributed by atoms with Crippen molar-refractivity contribution in [2.24, 2.45) is 0 Å². The van der Waals surface area contributed by atoms with Crippen LogP contribution in [0.25, 0.3) is 0 Å². The number of carbonyl (C=O) groups excluding carboxylic acids is 1. The number of pyridine rings is 1. The highest BCUT2D eigenvalue weighted by Crippen LogP contribution is 2.22. The number of hydrogen-bond donors (Lipinski definition) is 2. The first-order chi connectivity index (χ1) is 9.90. The zero-order valence-electron chi connectivity index (χ0n) is 10.2. The average Bonchev–Trinajstić information content (AvgIpc) is 2.43. The standard InChI is InChI=1S/C13H7BrF2N2O3/c14-9-2-1-6(5-8(9)13(20)21)18-12(19)7-3-4-17-11(16)10(7)15/h1-5H,(H,18,19)(H,20,21). The highest BCUT2D eigenvalue weighted by atomic mass is 79.9. The van der Waals surface area contributed by atoms with Gasteiger partial charge in [0.2, 0.25) is 5.95 Å². The summed E-state index contributed by atoms with van der Waals surface area (Å²) in [4.78, 5) is 25.9. The second kappa shape index (κ2) is 5.96. The molecule has 8 heteroatoms. The van der Waals surface area contributed by atoms with E-state index in [4.69, 9.17) is 5.11 Å². The number of halogens is 3. The molecule has 1 aromatic carbocycles. The fourth-order valence-electron chi connectivity index (χ4n) is 1.56. The zero-order chi connectivity index (χ0) is 15.6. The molecular formula is C13H7BrF2N2O3. The van der Waals surface area contributed by atoms with E-state index in [0.717, 1.165) is 12.3 Å². The molecule has 1 heterocycles. The SMILES string of the molecule is O=C(O)c1cc(NC(=O)c2ccnc(F)c2F)ccc1Br. The van der Waals surface area contributed by atoms with Crippen LogP contribution in [0.1, 0.15) is 20.7 Å². The van der Waals surface area contributed by atoms with Crippen molar-refractivity contribution in [3.63, 3.8) is 0 Å². The van der Waals surface area contributed by atoms with Crippen molar-refractivity contribution < 1.29 is 23.5 Å². The third-order valence-corrected chi connectivity index (χ3v) is 3.24. The molecule has 21 heavy (non-hydrogen) atoms. The van der Waals surface area contributed by atoms with Gasteiger partial charge in [0.1, 0.15) is 0 Å². The lowest BCUT2D eigenvalue weighted by Gasteiger charge is -2.08. The first-order valence-electron chi connectivity index (χ1n) is 5.54. The van der Waals surface area contributed by atoms with Gasteiger partial charge in [0.25, 0.3) is 5.91 Å². The number of nitrogens with zero attached hydrogens (tertiary/aromatic N) is 1. The summed E-state index contributed by atoms with van der Waals surface area (Å²) < 4.78 is 26.7. The van der Waals surface area contributed by atoms with Gasteiger partial charge in [-0.3, -0.25) is 4.79 Å². The van der Waals surface area contributed by atoms with Crippen LogP contribution in [0, 0.1) is 11.8 Å². The summed E-state index contributed by atoms with van der Waals surface area (Å²) in [6.07, 6.45) is 0.956. The lowest BCUT2D eigenvalue weighted by molar-refractivity contribution is 0.0695. The van der Waals surface area contributed by atoms with E-state index in [2.05, 4.69) is 26.2 Å². The van der Waals surface area contributed by atoms with E-state index in [0.29, 0.717) is 4.47 Å². The molecule has 0 radical (unpaired) electrons. The number of aromatic carboxylic acids is 1. The zero-order valence-corrected chi connectivity index (χ0v) is 11.8. The molecule has 2 aromatic rings. The van der Waals surface area contributed by atoms with Gasteiger partial charge in [-0.05, 0) is 40.2 Å². The Morgan fingerprint density at radius 3 is 2.57 bits per heavy atom. The van der Waals surface area contributed by atoms with E-state index in [1.807, 2.05) is 0 Å². The van der Waals surface area contributed by atoms with Crippen molar-refractivity contribution in [3.05, 3.63) is 57.8 Å². The predicted octanol–water partition coefficient (Wildman–Crippen LogP) is 3.07. The van der Waals surface area contributed by atoms with Crippen LogP contribution >= 0.6 is 15.9 Å². The first-order valence-corrected chi connectivity index (χ1v) is 6.33. The van der Waals surface area contributed by atoms with Crippen molar-refractivity contribution >= 4 is 33.5 Å². The largest absolute Gasteiger partial charge is 0.478 e. The van der Waals surface area contributed by atoms with Gasteiger partial charge in [-0.1, -0.05) is 0 Å². The van der Waals surface area contributed by atoms with E-state index in [9.17, 15) is 18.4 Å². The molecule has 0 unspecified atom stereocenters. The molecule has 108 valence electrons. The highest BCUT2D eigenvalue weighted by Gasteiger charge is 2.17. The molecule has 0 atom stereocenters. The predicted molar refractivity (Wildman–Crippen MR) is 73.2 cm³/mol. The second-order valence-corrected chi connectivity index (χ2v) is 4.77. The lowest BCUT2D eigenvalue weighted by Crippen LogP contribution is -2.15. The third-order valence-electron chi connectivity index (χ3n) is 2.55. The molecular weight excluding hydrogens is 350 g/mol. The molecule has 0 bridgehead atoms. The number of nitrogens with one attached hydrogen (secondary N) is 1. The van der Waals surface area contributed by atoms with Crippen molar-refractivity contribution in [2.75, 3.05) is 5.32 Å². The Kier molecular flexibility index (Phi) is 4.27. The molecule has 0 saturated carbocycles. The van der Waals surface area contributed by atoms with Crippen molar-refractivity contribution in [1.82, 2.24) is 4.98 Å². The molecule has 1 aromatic heterocycles. The van der Waals surface area contributed by atoms with Crippen LogP contribution < -0.4 is 5.32 Å². The van der Waals surface area contributed by atoms with Gasteiger partial charge >= 0.3 is 5.97 Å². The summed E-state index contributed by atoms with van der Waals surface area (Å²) >= 11 is 3.05. The number of carbonyl (C=O) groups is 2. The van der Waals surface area contributed by atoms with Gasteiger partial charge in [0.05, 0.1) is 11.1 Å². The van der Waals surface area contributed by atoms with Crippen molar-refractivity contribution in [1.29, 1.82) is 0 Å². The summed E-state index contributed by atoms with van der Waals surface area (Å²) in [7, 11) is 0. The van der Waals surface area contributed by atoms with Crippen LogP contribution in [0.3, 0.4) is 0 Å². The Morgan fingerprint density at radius 2 is 1.90 bits per heavy atom. The number of carboxylic acid groups (broad SMARTS) is 1. The molecule has 0 aliphatic heterocycles. The Bertz CT molecular complexity index is 737. The van der Waals surface area contributed by atoms with Crippen LogP contribution in [0.5, 0.6) is 0 Å². The Balaban J connectivity index is 2.30. The fourth-order valence-corrected chi connectivity index (χ4v) is 1.98. The normalized spacial score (nSPS) is 10.2. The molecule has 0 aliphatic rings. The van der Waals surface area contributed by atoms with Gasteiger partial charge in [-0.25, -0.2) is 14.2 Å². The number of hydrogen-bond acceptors (Lipinski definition) is 3. The Labute approximate surface area is 125 Å². The van der Waals surface area contributed by atoms with Gasteiger partial charge < -0.3 is 10.4 Å². The number of aromatic nitrogens is 1. The summed E-state index contributed by atoms with van der Waals surface area (Å²) in [5.74, 6) is -4.86. The fraction of sp³-hybridized carbons (Fsp3) is 0. The average molecular weight is 357 g/mol. The summed E-state index contributed by atoms with van der Waals surface area (Å²) in [5.41, 5.74) is -0.464. The molecule has 1 amide bonds. The van der Waals surface area contributed by atoms with Gasteiger partial charge in [0, 0.05) is 16.4 Å². The quantitative estimate of drug-likeness (QED) is 0.828. The minimum absolute atomic E-state index is 0.0748. The molecule has 0 aliphatic carbocycles. The van der Waals surface area contributed by atoms with Crippen molar-refractivity contribution in [3.8, 4) is 0 Å². The van der Waals surface area contributed by atoms with Gasteiger partial charge in [-0.15, -0.1) is 0 Å². The third kappa shape index (κ3) is 3.22. The number of rotatable bonds is 3. The van der Waals surface area contributed by atoms with Gasteiger partial charge in [-0.2, -0.15) is 4.39 Å². The summed E-state index contributed by atoms with van der Waals surface area (Å²) in [5, 5.41) is 11.3. The van der Waals surface area contributed by atoms with E-state index < -0.39 is 29.2 Å². The number of carboxylic acids is 1. The molecule has 2 rings (SSSR count). The minimum atomic E-state index is -1.38. The topological polar surface area (TPSA) is 79.3 Å². The first kappa shape index (κ1) is 15.0. The molecule has 0 fully saturated rings. The Morgan fingerprint density at radius 1 is 1.19 bits per heavy atom. The molecule has 0 spiro atoms. The maximum absolute atomic E-state index is 13.4. The van der Waals surface area contributed by atoms with E-state index in [1.165, 1.54) is 18.2 Å². The smallest absolute Gasteiger partial charge is 0.336 e. The van der Waals surface area contributed by atoms with Crippen LogP contribution in [-0.2, 0) is 0 Å². The summed E-state index contributed by atoms with van der Waals surface area (Å²) in [6, 6.07) is 5.05. The minimum Gasteiger partial charge on any atom is -0.478 e. The molecule has 0 saturated heterocycles. The molecule has 5 nitrogen and oxygen atoms in total. The van der Waals surface area contributed by atoms with E-state index >= 15 is 0 Å². The van der Waals surface area contributed by atoms with Crippen LogP contribution in [-0.4, -0.2) is 22.0 Å². The van der Waals surface area contributed by atoms with Gasteiger partial charge in [0.15, 0.2) is 5.82 Å². The second-order valence-electron chi connectivity index (χ2n) is 3.92. The number of benzene rings is 1. The number of amides is 1. The monoisotopic (exact) mass is 356 g/mol. The lowest BCUT2D eigenvalue weighted by atomic mass is 10.2. The van der Waals surface area contributed by atoms with Crippen LogP contribution in [0.4, 0.5) is 14.5 Å².